The van der Waals surface area contributed by atoms with Crippen LogP contribution in [0.25, 0.3) is 0 Å². The van der Waals surface area contributed by atoms with Gasteiger partial charge in [0.1, 0.15) is 5.82 Å². The molecule has 2 aromatic heterocycles. The third-order valence-corrected chi connectivity index (χ3v) is 5.92. The Hall–Kier alpha value is -2.12. The van der Waals surface area contributed by atoms with E-state index in [-0.39, 0.29) is 0 Å². The molecule has 0 aromatic carbocycles. The SMILES string of the molecule is CCNC(=NCc1ccnc(N(C)C)c1)NCC(c1cccs1)N1CCCC1. The van der Waals surface area contributed by atoms with Crippen LogP contribution in [0.5, 0.6) is 0 Å². The summed E-state index contributed by atoms with van der Waals surface area (Å²) in [6.45, 7) is 6.81. The maximum atomic E-state index is 4.80. The lowest BCUT2D eigenvalue weighted by molar-refractivity contribution is 0.249. The Bertz CT molecular complexity index is 737. The van der Waals surface area contributed by atoms with Crippen molar-refractivity contribution in [2.75, 3.05) is 45.2 Å². The molecule has 1 atom stereocenters. The largest absolute Gasteiger partial charge is 0.363 e. The number of nitrogens with one attached hydrogen (secondary N) is 2. The minimum absolute atomic E-state index is 0.410. The van der Waals surface area contributed by atoms with E-state index in [0.717, 1.165) is 30.4 Å². The lowest BCUT2D eigenvalue weighted by Gasteiger charge is -2.27. The Morgan fingerprint density at radius 1 is 1.29 bits per heavy atom. The molecule has 0 radical (unpaired) electrons. The highest BCUT2D eigenvalue weighted by Crippen LogP contribution is 2.27. The van der Waals surface area contributed by atoms with Gasteiger partial charge in [-0.3, -0.25) is 4.90 Å². The predicted octanol–water partition coefficient (Wildman–Crippen LogP) is 3.10. The molecule has 1 fully saturated rings. The zero-order chi connectivity index (χ0) is 19.8. The minimum atomic E-state index is 0.410. The summed E-state index contributed by atoms with van der Waals surface area (Å²) in [5.74, 6) is 1.82. The van der Waals surface area contributed by atoms with Crippen molar-refractivity contribution in [3.63, 3.8) is 0 Å². The first-order valence-electron chi connectivity index (χ1n) is 10.1. The van der Waals surface area contributed by atoms with Crippen LogP contribution in [0.1, 0.15) is 36.2 Å². The summed E-state index contributed by atoms with van der Waals surface area (Å²) in [6.07, 6.45) is 4.44. The number of hydrogen-bond acceptors (Lipinski definition) is 5. The fraction of sp³-hybridized carbons (Fsp3) is 0.524. The number of hydrogen-bond donors (Lipinski definition) is 2. The lowest BCUT2D eigenvalue weighted by Crippen LogP contribution is -2.42. The number of anilines is 1. The van der Waals surface area contributed by atoms with E-state index < -0.39 is 0 Å². The van der Waals surface area contributed by atoms with Gasteiger partial charge in [-0.2, -0.15) is 0 Å². The molecule has 0 saturated carbocycles. The van der Waals surface area contributed by atoms with Crippen LogP contribution >= 0.6 is 11.3 Å². The zero-order valence-electron chi connectivity index (χ0n) is 17.2. The Balaban J connectivity index is 1.65. The Morgan fingerprint density at radius 3 is 2.79 bits per heavy atom. The summed E-state index contributed by atoms with van der Waals surface area (Å²) in [5, 5.41) is 9.12. The summed E-state index contributed by atoms with van der Waals surface area (Å²) < 4.78 is 0. The van der Waals surface area contributed by atoms with Gasteiger partial charge in [0.15, 0.2) is 5.96 Å². The van der Waals surface area contributed by atoms with Crippen molar-refractivity contribution in [1.82, 2.24) is 20.5 Å². The number of guanidine groups is 1. The number of aromatic nitrogens is 1. The molecular formula is C21H32N6S. The van der Waals surface area contributed by atoms with Crippen molar-refractivity contribution in [3.8, 4) is 0 Å². The van der Waals surface area contributed by atoms with E-state index in [1.807, 2.05) is 42.6 Å². The molecule has 0 amide bonds. The third-order valence-electron chi connectivity index (χ3n) is 4.95. The number of likely N-dealkylation sites (tertiary alicyclic amines) is 1. The number of nitrogens with zero attached hydrogens (tertiary/aromatic N) is 4. The Kier molecular flexibility index (Phi) is 7.68. The van der Waals surface area contributed by atoms with Crippen LogP contribution in [-0.4, -0.2) is 56.1 Å². The molecule has 3 heterocycles. The second kappa shape index (κ2) is 10.4. The average molecular weight is 401 g/mol. The van der Waals surface area contributed by atoms with E-state index in [4.69, 9.17) is 4.99 Å². The van der Waals surface area contributed by atoms with Crippen molar-refractivity contribution in [2.24, 2.45) is 4.99 Å². The Labute approximate surface area is 172 Å². The van der Waals surface area contributed by atoms with Crippen LogP contribution in [0, 0.1) is 0 Å². The highest BCUT2D eigenvalue weighted by molar-refractivity contribution is 7.10. The number of aliphatic imine (C=N–C) groups is 1. The number of rotatable bonds is 8. The summed E-state index contributed by atoms with van der Waals surface area (Å²) in [7, 11) is 4.01. The fourth-order valence-electron chi connectivity index (χ4n) is 3.45. The molecule has 1 saturated heterocycles. The summed E-state index contributed by atoms with van der Waals surface area (Å²) in [6, 6.07) is 8.92. The molecule has 0 spiro atoms. The van der Waals surface area contributed by atoms with E-state index in [0.29, 0.717) is 12.6 Å². The van der Waals surface area contributed by atoms with E-state index in [1.165, 1.54) is 30.8 Å². The van der Waals surface area contributed by atoms with Crippen LogP contribution in [-0.2, 0) is 6.54 Å². The molecular weight excluding hydrogens is 368 g/mol. The van der Waals surface area contributed by atoms with Crippen LogP contribution in [0.3, 0.4) is 0 Å². The average Bonchev–Trinajstić information content (AvgIpc) is 3.41. The molecule has 0 aliphatic carbocycles. The number of thiophene rings is 1. The highest BCUT2D eigenvalue weighted by atomic mass is 32.1. The lowest BCUT2D eigenvalue weighted by atomic mass is 10.2. The fourth-order valence-corrected chi connectivity index (χ4v) is 4.31. The third kappa shape index (κ3) is 5.69. The first-order chi connectivity index (χ1) is 13.7. The van der Waals surface area contributed by atoms with Gasteiger partial charge in [-0.05, 0) is 62.0 Å². The maximum Gasteiger partial charge on any atom is 0.191 e. The van der Waals surface area contributed by atoms with Gasteiger partial charge in [0.05, 0.1) is 12.6 Å². The molecule has 2 aromatic rings. The molecule has 1 unspecified atom stereocenters. The van der Waals surface area contributed by atoms with E-state index in [2.05, 4.69) is 51.0 Å². The van der Waals surface area contributed by atoms with Crippen molar-refractivity contribution >= 4 is 23.1 Å². The Morgan fingerprint density at radius 2 is 2.11 bits per heavy atom. The minimum Gasteiger partial charge on any atom is -0.363 e. The topological polar surface area (TPSA) is 55.8 Å². The van der Waals surface area contributed by atoms with Crippen LogP contribution in [0.15, 0.2) is 40.8 Å². The molecule has 1 aliphatic heterocycles. The summed E-state index contributed by atoms with van der Waals surface area (Å²) >= 11 is 1.84. The van der Waals surface area contributed by atoms with Crippen LogP contribution in [0.2, 0.25) is 0 Å². The maximum absolute atomic E-state index is 4.80. The zero-order valence-corrected chi connectivity index (χ0v) is 18.0. The predicted molar refractivity (Wildman–Crippen MR) is 119 cm³/mol. The summed E-state index contributed by atoms with van der Waals surface area (Å²) in [4.78, 5) is 15.2. The molecule has 0 bridgehead atoms. The second-order valence-corrected chi connectivity index (χ2v) is 8.25. The van der Waals surface area contributed by atoms with Crippen LogP contribution in [0.4, 0.5) is 5.82 Å². The van der Waals surface area contributed by atoms with Crippen molar-refractivity contribution in [2.45, 2.75) is 32.4 Å². The second-order valence-electron chi connectivity index (χ2n) is 7.27. The van der Waals surface area contributed by atoms with Gasteiger partial charge in [0.2, 0.25) is 0 Å². The standard InChI is InChI=1S/C21H32N6S/c1-4-22-21(24-15-17-9-10-23-20(14-17)26(2)3)25-16-18(19-8-7-13-28-19)27-11-5-6-12-27/h7-10,13-14,18H,4-6,11-12,15-16H2,1-3H3,(H2,22,24,25). The highest BCUT2D eigenvalue weighted by Gasteiger charge is 2.24. The van der Waals surface area contributed by atoms with E-state index in [9.17, 15) is 0 Å². The van der Waals surface area contributed by atoms with Gasteiger partial charge < -0.3 is 15.5 Å². The van der Waals surface area contributed by atoms with Gasteiger partial charge >= 0.3 is 0 Å². The van der Waals surface area contributed by atoms with E-state index in [1.54, 1.807) is 0 Å². The summed E-state index contributed by atoms with van der Waals surface area (Å²) in [5.41, 5.74) is 1.16. The van der Waals surface area contributed by atoms with Gasteiger partial charge in [0.25, 0.3) is 0 Å². The van der Waals surface area contributed by atoms with Crippen molar-refractivity contribution in [1.29, 1.82) is 0 Å². The van der Waals surface area contributed by atoms with E-state index >= 15 is 0 Å². The van der Waals surface area contributed by atoms with Crippen molar-refractivity contribution < 1.29 is 0 Å². The monoisotopic (exact) mass is 400 g/mol. The smallest absolute Gasteiger partial charge is 0.191 e. The van der Waals surface area contributed by atoms with Gasteiger partial charge in [-0.15, -0.1) is 11.3 Å². The molecule has 2 N–H and O–H groups in total. The van der Waals surface area contributed by atoms with Gasteiger partial charge in [0, 0.05) is 38.3 Å². The first kappa shape index (κ1) is 20.6. The molecule has 1 aliphatic rings. The molecule has 3 rings (SSSR count). The molecule has 7 heteroatoms. The van der Waals surface area contributed by atoms with Gasteiger partial charge in [-0.25, -0.2) is 9.98 Å². The molecule has 28 heavy (non-hydrogen) atoms. The quantitative estimate of drug-likeness (QED) is 0.527. The van der Waals surface area contributed by atoms with Crippen molar-refractivity contribution in [3.05, 3.63) is 46.3 Å². The normalized spacial score (nSPS) is 16.2. The first-order valence-corrected chi connectivity index (χ1v) is 11.0. The van der Waals surface area contributed by atoms with Crippen LogP contribution < -0.4 is 15.5 Å². The number of pyridine rings is 1. The molecule has 152 valence electrons. The van der Waals surface area contributed by atoms with Gasteiger partial charge in [-0.1, -0.05) is 6.07 Å². The molecule has 6 nitrogen and oxygen atoms in total.